The van der Waals surface area contributed by atoms with Crippen molar-refractivity contribution >= 4 is 40.8 Å². The van der Waals surface area contributed by atoms with Crippen LogP contribution in [0.5, 0.6) is 5.75 Å². The van der Waals surface area contributed by atoms with Crippen molar-refractivity contribution in [2.24, 2.45) is 5.10 Å². The van der Waals surface area contributed by atoms with Gasteiger partial charge in [0.2, 0.25) is 0 Å². The fraction of sp³-hybridized carbons (Fsp3) is 0. The van der Waals surface area contributed by atoms with Gasteiger partial charge in [-0.3, -0.25) is 5.43 Å². The first kappa shape index (κ1) is 14.3. The second-order valence-corrected chi connectivity index (χ2v) is 4.77. The van der Waals surface area contributed by atoms with Crippen molar-refractivity contribution in [3.63, 3.8) is 0 Å². The summed E-state index contributed by atoms with van der Waals surface area (Å²) in [5, 5.41) is 17.2. The number of benzene rings is 2. The highest BCUT2D eigenvalue weighted by Crippen LogP contribution is 2.13. The van der Waals surface area contributed by atoms with Crippen molar-refractivity contribution in [3.05, 3.63) is 59.1 Å². The molecule has 2 rings (SSSR count). The Bertz CT molecular complexity index is 611. The minimum Gasteiger partial charge on any atom is -0.508 e. The number of phenolic OH excluding ortho intramolecular Hbond substituents is 1. The summed E-state index contributed by atoms with van der Waals surface area (Å²) in [5.41, 5.74) is 4.38. The van der Waals surface area contributed by atoms with Crippen LogP contribution in [0.2, 0.25) is 5.02 Å². The standard InChI is InChI=1S/C14H12ClN3OS/c15-11-3-5-12(6-4-11)17-14(20)18-16-9-10-1-7-13(19)8-2-10/h1-9,19H,(H2,17,18,20)/b16-9-. The van der Waals surface area contributed by atoms with Crippen LogP contribution >= 0.6 is 23.8 Å². The molecule has 0 radical (unpaired) electrons. The fourth-order valence-corrected chi connectivity index (χ4v) is 1.71. The maximum Gasteiger partial charge on any atom is 0.191 e. The molecule has 4 nitrogen and oxygen atoms in total. The molecule has 0 spiro atoms. The molecule has 0 fully saturated rings. The number of anilines is 1. The van der Waals surface area contributed by atoms with Crippen LogP contribution in [0.25, 0.3) is 0 Å². The summed E-state index contributed by atoms with van der Waals surface area (Å²) in [7, 11) is 0. The molecule has 0 saturated carbocycles. The van der Waals surface area contributed by atoms with Gasteiger partial charge in [-0.15, -0.1) is 0 Å². The van der Waals surface area contributed by atoms with Crippen LogP contribution < -0.4 is 10.7 Å². The monoisotopic (exact) mass is 305 g/mol. The quantitative estimate of drug-likeness (QED) is 0.462. The molecule has 0 heterocycles. The molecule has 20 heavy (non-hydrogen) atoms. The maximum absolute atomic E-state index is 9.15. The van der Waals surface area contributed by atoms with E-state index in [0.717, 1.165) is 11.3 Å². The van der Waals surface area contributed by atoms with Crippen molar-refractivity contribution in [1.29, 1.82) is 0 Å². The highest BCUT2D eigenvalue weighted by molar-refractivity contribution is 7.80. The molecule has 0 aliphatic heterocycles. The number of rotatable bonds is 3. The van der Waals surface area contributed by atoms with Crippen LogP contribution in [-0.2, 0) is 0 Å². The number of hydrogen-bond acceptors (Lipinski definition) is 3. The lowest BCUT2D eigenvalue weighted by Crippen LogP contribution is -2.23. The molecule has 0 aliphatic rings. The molecule has 0 bridgehead atoms. The van der Waals surface area contributed by atoms with E-state index in [1.54, 1.807) is 42.6 Å². The van der Waals surface area contributed by atoms with Gasteiger partial charge in [0.25, 0.3) is 0 Å². The zero-order valence-electron chi connectivity index (χ0n) is 10.4. The zero-order valence-corrected chi connectivity index (χ0v) is 11.9. The van der Waals surface area contributed by atoms with Gasteiger partial charge in [0.15, 0.2) is 5.11 Å². The molecular formula is C14H12ClN3OS. The maximum atomic E-state index is 9.15. The third-order valence-electron chi connectivity index (χ3n) is 2.37. The Morgan fingerprint density at radius 1 is 1.10 bits per heavy atom. The molecule has 2 aromatic rings. The molecular weight excluding hydrogens is 294 g/mol. The van der Waals surface area contributed by atoms with Gasteiger partial charge in [-0.2, -0.15) is 5.10 Å². The second kappa shape index (κ2) is 6.88. The average Bonchev–Trinajstić information content (AvgIpc) is 2.44. The van der Waals surface area contributed by atoms with Gasteiger partial charge < -0.3 is 10.4 Å². The van der Waals surface area contributed by atoms with E-state index in [1.807, 2.05) is 12.1 Å². The lowest BCUT2D eigenvalue weighted by molar-refractivity contribution is 0.475. The Hall–Kier alpha value is -2.11. The first-order valence-electron chi connectivity index (χ1n) is 5.78. The van der Waals surface area contributed by atoms with E-state index in [4.69, 9.17) is 28.9 Å². The third kappa shape index (κ3) is 4.53. The topological polar surface area (TPSA) is 56.7 Å². The van der Waals surface area contributed by atoms with E-state index in [0.29, 0.717) is 10.1 Å². The zero-order chi connectivity index (χ0) is 14.4. The molecule has 3 N–H and O–H groups in total. The van der Waals surface area contributed by atoms with Crippen LogP contribution in [0.3, 0.4) is 0 Å². The van der Waals surface area contributed by atoms with Gasteiger partial charge in [0.1, 0.15) is 5.75 Å². The summed E-state index contributed by atoms with van der Waals surface area (Å²) in [6, 6.07) is 13.8. The molecule has 0 atom stereocenters. The van der Waals surface area contributed by atoms with Crippen molar-refractivity contribution < 1.29 is 5.11 Å². The van der Waals surface area contributed by atoms with E-state index < -0.39 is 0 Å². The molecule has 0 amide bonds. The highest BCUT2D eigenvalue weighted by Gasteiger charge is 1.96. The minimum absolute atomic E-state index is 0.218. The first-order chi connectivity index (χ1) is 9.63. The molecule has 6 heteroatoms. The second-order valence-electron chi connectivity index (χ2n) is 3.92. The average molecular weight is 306 g/mol. The van der Waals surface area contributed by atoms with Crippen LogP contribution in [0, 0.1) is 0 Å². The Labute approximate surface area is 127 Å². The minimum atomic E-state index is 0.218. The van der Waals surface area contributed by atoms with Gasteiger partial charge in [-0.05, 0) is 66.3 Å². The molecule has 2 aromatic carbocycles. The summed E-state index contributed by atoms with van der Waals surface area (Å²) < 4.78 is 0. The van der Waals surface area contributed by atoms with E-state index >= 15 is 0 Å². The molecule has 0 unspecified atom stereocenters. The van der Waals surface area contributed by atoms with Crippen molar-refractivity contribution in [2.75, 3.05) is 5.32 Å². The summed E-state index contributed by atoms with van der Waals surface area (Å²) in [6.07, 6.45) is 1.61. The summed E-state index contributed by atoms with van der Waals surface area (Å²) in [5.74, 6) is 0.218. The number of aromatic hydroxyl groups is 1. The number of nitrogens with one attached hydrogen (secondary N) is 2. The molecule has 0 aliphatic carbocycles. The van der Waals surface area contributed by atoms with E-state index in [9.17, 15) is 0 Å². The van der Waals surface area contributed by atoms with Crippen molar-refractivity contribution in [3.8, 4) is 5.75 Å². The normalized spacial score (nSPS) is 10.4. The number of halogens is 1. The van der Waals surface area contributed by atoms with Crippen LogP contribution in [0.4, 0.5) is 5.69 Å². The Kier molecular flexibility index (Phi) is 4.92. The molecule has 102 valence electrons. The number of thiocarbonyl (C=S) groups is 1. The third-order valence-corrected chi connectivity index (χ3v) is 2.82. The smallest absolute Gasteiger partial charge is 0.191 e. The number of phenols is 1. The fourth-order valence-electron chi connectivity index (χ4n) is 1.42. The van der Waals surface area contributed by atoms with Gasteiger partial charge in [-0.1, -0.05) is 11.6 Å². The lowest BCUT2D eigenvalue weighted by atomic mass is 10.2. The number of hydrazone groups is 1. The van der Waals surface area contributed by atoms with Crippen LogP contribution in [0.1, 0.15) is 5.56 Å². The van der Waals surface area contributed by atoms with Crippen LogP contribution in [-0.4, -0.2) is 16.4 Å². The SMILES string of the molecule is Oc1ccc(/C=N\NC(=S)Nc2ccc(Cl)cc2)cc1. The van der Waals surface area contributed by atoms with Crippen molar-refractivity contribution in [2.45, 2.75) is 0 Å². The lowest BCUT2D eigenvalue weighted by Gasteiger charge is -2.06. The van der Waals surface area contributed by atoms with Gasteiger partial charge in [0, 0.05) is 10.7 Å². The number of hydrogen-bond donors (Lipinski definition) is 3. The largest absolute Gasteiger partial charge is 0.508 e. The Morgan fingerprint density at radius 2 is 1.75 bits per heavy atom. The highest BCUT2D eigenvalue weighted by atomic mass is 35.5. The number of nitrogens with zero attached hydrogens (tertiary/aromatic N) is 1. The Morgan fingerprint density at radius 3 is 2.40 bits per heavy atom. The predicted octanol–water partition coefficient (Wildman–Crippen LogP) is 3.37. The van der Waals surface area contributed by atoms with Gasteiger partial charge in [-0.25, -0.2) is 0 Å². The van der Waals surface area contributed by atoms with Crippen LogP contribution in [0.15, 0.2) is 53.6 Å². The summed E-state index contributed by atoms with van der Waals surface area (Å²) >= 11 is 10.9. The van der Waals surface area contributed by atoms with Crippen molar-refractivity contribution in [1.82, 2.24) is 5.43 Å². The predicted molar refractivity (Wildman–Crippen MR) is 86.5 cm³/mol. The van der Waals surface area contributed by atoms with E-state index in [1.165, 1.54) is 0 Å². The van der Waals surface area contributed by atoms with Gasteiger partial charge >= 0.3 is 0 Å². The summed E-state index contributed by atoms with van der Waals surface area (Å²) in [6.45, 7) is 0. The first-order valence-corrected chi connectivity index (χ1v) is 6.57. The molecule has 0 aromatic heterocycles. The van der Waals surface area contributed by atoms with E-state index in [-0.39, 0.29) is 5.75 Å². The van der Waals surface area contributed by atoms with E-state index in [2.05, 4.69) is 15.8 Å². The molecule has 0 saturated heterocycles. The summed E-state index contributed by atoms with van der Waals surface area (Å²) in [4.78, 5) is 0. The Balaban J connectivity index is 1.85. The van der Waals surface area contributed by atoms with Gasteiger partial charge in [0.05, 0.1) is 6.21 Å².